The smallest absolute Gasteiger partial charge is 0.264 e. The fourth-order valence-electron chi connectivity index (χ4n) is 3.50. The molecular formula is C24H26N6O2S. The molecule has 8 nitrogen and oxygen atoms in total. The van der Waals surface area contributed by atoms with Crippen molar-refractivity contribution in [3.05, 3.63) is 65.7 Å². The Kier molecular flexibility index (Phi) is 7.09. The Labute approximate surface area is 196 Å². The third-order valence-electron chi connectivity index (χ3n) is 5.17. The number of hydrogen-bond donors (Lipinski definition) is 2. The lowest BCUT2D eigenvalue weighted by Crippen LogP contribution is -2.29. The highest BCUT2D eigenvalue weighted by Gasteiger charge is 2.23. The minimum Gasteiger partial charge on any atom is -0.383 e. The van der Waals surface area contributed by atoms with Crippen molar-refractivity contribution in [1.29, 1.82) is 0 Å². The predicted octanol–water partition coefficient (Wildman–Crippen LogP) is 3.96. The van der Waals surface area contributed by atoms with Crippen LogP contribution in [0.5, 0.6) is 0 Å². The van der Waals surface area contributed by atoms with Gasteiger partial charge in [0.25, 0.3) is 5.89 Å². The van der Waals surface area contributed by atoms with Gasteiger partial charge in [0.2, 0.25) is 11.7 Å². The van der Waals surface area contributed by atoms with E-state index in [1.165, 1.54) is 22.0 Å². The molecule has 3 N–H and O–H groups in total. The van der Waals surface area contributed by atoms with E-state index < -0.39 is 0 Å². The van der Waals surface area contributed by atoms with Crippen LogP contribution >= 0.6 is 11.8 Å². The number of benzene rings is 2. The van der Waals surface area contributed by atoms with Crippen LogP contribution < -0.4 is 11.1 Å². The number of nitrogens with zero attached hydrogens (tertiary/aromatic N) is 4. The van der Waals surface area contributed by atoms with Gasteiger partial charge in [0.1, 0.15) is 23.0 Å². The molecule has 0 fully saturated rings. The molecule has 0 aliphatic carbocycles. The normalized spacial score (nSPS) is 11.0. The van der Waals surface area contributed by atoms with E-state index in [0.717, 1.165) is 24.0 Å². The molecule has 4 aromatic rings. The molecule has 2 heterocycles. The fourth-order valence-corrected chi connectivity index (χ4v) is 4.08. The van der Waals surface area contributed by atoms with E-state index in [1.807, 2.05) is 55.6 Å². The lowest BCUT2D eigenvalue weighted by molar-refractivity contribution is -0.121. The van der Waals surface area contributed by atoms with Crippen LogP contribution in [-0.4, -0.2) is 38.6 Å². The molecule has 0 saturated heterocycles. The summed E-state index contributed by atoms with van der Waals surface area (Å²) in [5.74, 6) is 0.924. The highest BCUT2D eigenvalue weighted by atomic mass is 32.2. The quantitative estimate of drug-likeness (QED) is 0.286. The molecule has 0 radical (unpaired) electrons. The van der Waals surface area contributed by atoms with E-state index in [4.69, 9.17) is 10.3 Å². The van der Waals surface area contributed by atoms with E-state index >= 15 is 0 Å². The van der Waals surface area contributed by atoms with Crippen LogP contribution in [0, 0.1) is 6.92 Å². The maximum Gasteiger partial charge on any atom is 0.264 e. The van der Waals surface area contributed by atoms with Crippen molar-refractivity contribution >= 4 is 23.5 Å². The zero-order valence-electron chi connectivity index (χ0n) is 18.6. The first-order valence-corrected chi connectivity index (χ1v) is 11.9. The monoisotopic (exact) mass is 462 g/mol. The van der Waals surface area contributed by atoms with Gasteiger partial charge in [-0.3, -0.25) is 4.79 Å². The number of hydrogen-bond acceptors (Lipinski definition) is 7. The Morgan fingerprint density at radius 2 is 2.00 bits per heavy atom. The van der Waals surface area contributed by atoms with E-state index in [2.05, 4.69) is 32.7 Å². The number of thioether (sulfide) groups is 1. The molecule has 2 aromatic carbocycles. The van der Waals surface area contributed by atoms with Crippen molar-refractivity contribution in [2.45, 2.75) is 31.3 Å². The van der Waals surface area contributed by atoms with Crippen LogP contribution in [0.3, 0.4) is 0 Å². The number of nitrogens with one attached hydrogen (secondary N) is 1. The number of carbonyl (C=O) groups excluding carboxylic acids is 1. The van der Waals surface area contributed by atoms with Gasteiger partial charge in [0.05, 0.1) is 0 Å². The average Bonchev–Trinajstić information content (AvgIpc) is 3.42. The van der Waals surface area contributed by atoms with Gasteiger partial charge >= 0.3 is 0 Å². The molecule has 0 aliphatic rings. The van der Waals surface area contributed by atoms with Gasteiger partial charge in [-0.25, -0.2) is 4.68 Å². The van der Waals surface area contributed by atoms with Crippen LogP contribution in [0.15, 0.2) is 64.1 Å². The second-order valence-electron chi connectivity index (χ2n) is 7.66. The largest absolute Gasteiger partial charge is 0.383 e. The van der Waals surface area contributed by atoms with Gasteiger partial charge in [0, 0.05) is 12.1 Å². The van der Waals surface area contributed by atoms with Gasteiger partial charge in [-0.2, -0.15) is 10.1 Å². The third-order valence-corrected chi connectivity index (χ3v) is 5.84. The van der Waals surface area contributed by atoms with Crippen LogP contribution in [0.1, 0.15) is 17.5 Å². The molecule has 2 aromatic heterocycles. The molecule has 0 saturated carbocycles. The van der Waals surface area contributed by atoms with Gasteiger partial charge < -0.3 is 15.6 Å². The van der Waals surface area contributed by atoms with Crippen LogP contribution in [0.2, 0.25) is 0 Å². The zero-order chi connectivity index (χ0) is 23.2. The van der Waals surface area contributed by atoms with Crippen molar-refractivity contribution in [2.75, 3.05) is 18.5 Å². The number of rotatable bonds is 9. The lowest BCUT2D eigenvalue weighted by Gasteiger charge is -2.07. The first-order chi connectivity index (χ1) is 16.0. The second-order valence-corrected chi connectivity index (χ2v) is 8.45. The Hall–Kier alpha value is -3.59. The van der Waals surface area contributed by atoms with Crippen molar-refractivity contribution in [2.24, 2.45) is 0 Å². The van der Waals surface area contributed by atoms with E-state index in [0.29, 0.717) is 28.8 Å². The number of aryl methyl sites for hydroxylation is 2. The lowest BCUT2D eigenvalue weighted by atomic mass is 10.1. The predicted molar refractivity (Wildman–Crippen MR) is 130 cm³/mol. The molecular weight excluding hydrogens is 436 g/mol. The molecule has 170 valence electrons. The highest BCUT2D eigenvalue weighted by Crippen LogP contribution is 2.34. The summed E-state index contributed by atoms with van der Waals surface area (Å²) in [4.78, 5) is 17.0. The first-order valence-electron chi connectivity index (χ1n) is 10.7. The van der Waals surface area contributed by atoms with E-state index in [9.17, 15) is 4.79 Å². The number of aromatic nitrogens is 4. The summed E-state index contributed by atoms with van der Waals surface area (Å²) in [5.41, 5.74) is 10.1. The average molecular weight is 463 g/mol. The minimum atomic E-state index is -0.151. The number of anilines is 1. The van der Waals surface area contributed by atoms with Crippen molar-refractivity contribution in [1.82, 2.24) is 25.2 Å². The maximum atomic E-state index is 12.5. The Balaban J connectivity index is 1.42. The first kappa shape index (κ1) is 22.6. The van der Waals surface area contributed by atoms with Crippen molar-refractivity contribution < 1.29 is 9.32 Å². The maximum absolute atomic E-state index is 12.5. The molecule has 4 rings (SSSR count). The fraction of sp³-hybridized carbons (Fsp3) is 0.250. The molecule has 0 spiro atoms. The van der Waals surface area contributed by atoms with Crippen LogP contribution in [0.25, 0.3) is 22.8 Å². The SMILES string of the molecule is CSc1nn(CC(=O)NCCCc2ccccc2)c(N)c1-c1nc(-c2cccc(C)c2)no1. The number of nitrogens with two attached hydrogens (primary N) is 1. The van der Waals surface area contributed by atoms with E-state index in [-0.39, 0.29) is 18.3 Å². The Bertz CT molecular complexity index is 1230. The molecule has 9 heteroatoms. The second kappa shape index (κ2) is 10.4. The molecule has 0 atom stereocenters. The molecule has 0 unspecified atom stereocenters. The topological polar surface area (TPSA) is 112 Å². The Morgan fingerprint density at radius 1 is 1.18 bits per heavy atom. The van der Waals surface area contributed by atoms with Crippen LogP contribution in [0.4, 0.5) is 5.82 Å². The summed E-state index contributed by atoms with van der Waals surface area (Å²) >= 11 is 1.41. The zero-order valence-corrected chi connectivity index (χ0v) is 19.4. The van der Waals surface area contributed by atoms with Gasteiger partial charge in [-0.1, -0.05) is 59.3 Å². The Morgan fingerprint density at radius 3 is 2.76 bits per heavy atom. The van der Waals surface area contributed by atoms with Gasteiger partial charge in [-0.15, -0.1) is 11.8 Å². The van der Waals surface area contributed by atoms with Crippen molar-refractivity contribution in [3.8, 4) is 22.8 Å². The molecule has 0 aliphatic heterocycles. The third kappa shape index (κ3) is 5.43. The number of amides is 1. The molecule has 0 bridgehead atoms. The van der Waals surface area contributed by atoms with Crippen LogP contribution in [-0.2, 0) is 17.8 Å². The summed E-state index contributed by atoms with van der Waals surface area (Å²) in [6, 6.07) is 18.0. The number of nitrogen functional groups attached to an aromatic ring is 1. The molecule has 1 amide bonds. The van der Waals surface area contributed by atoms with E-state index in [1.54, 1.807) is 0 Å². The standard InChI is InChI=1S/C24H26N6O2S/c1-16-8-6-12-18(14-16)22-27-23(32-29-22)20-21(25)30(28-24(20)33-2)15-19(31)26-13-7-11-17-9-4-3-5-10-17/h3-6,8-10,12,14H,7,11,13,15,25H2,1-2H3,(H,26,31). The minimum absolute atomic E-state index is 0.0175. The molecule has 33 heavy (non-hydrogen) atoms. The van der Waals surface area contributed by atoms with Gasteiger partial charge in [0.15, 0.2) is 0 Å². The highest BCUT2D eigenvalue weighted by molar-refractivity contribution is 7.98. The van der Waals surface area contributed by atoms with Gasteiger partial charge in [-0.05, 0) is 37.7 Å². The van der Waals surface area contributed by atoms with Crippen molar-refractivity contribution in [3.63, 3.8) is 0 Å². The number of carbonyl (C=O) groups is 1. The summed E-state index contributed by atoms with van der Waals surface area (Å²) in [7, 11) is 0. The summed E-state index contributed by atoms with van der Waals surface area (Å²) in [6.45, 7) is 2.61. The summed E-state index contributed by atoms with van der Waals surface area (Å²) in [5, 5.41) is 12.1. The summed E-state index contributed by atoms with van der Waals surface area (Å²) in [6.07, 6.45) is 3.65. The summed E-state index contributed by atoms with van der Waals surface area (Å²) < 4.78 is 6.98.